The van der Waals surface area contributed by atoms with Gasteiger partial charge in [0.05, 0.1) is 30.4 Å². The Morgan fingerprint density at radius 2 is 1.85 bits per heavy atom. The number of aryl methyl sites for hydroxylation is 1. The largest absolute Gasteiger partial charge is 0.488 e. The molecule has 2 aliphatic rings. The summed E-state index contributed by atoms with van der Waals surface area (Å²) < 4.78 is 12.0. The number of nitrogens with zero attached hydrogens (tertiary/aromatic N) is 5. The van der Waals surface area contributed by atoms with Crippen LogP contribution in [0.25, 0.3) is 11.0 Å². The molecule has 2 aromatic heterocycles. The zero-order valence-corrected chi connectivity index (χ0v) is 18.8. The summed E-state index contributed by atoms with van der Waals surface area (Å²) in [6.45, 7) is 5.19. The van der Waals surface area contributed by atoms with Crippen LogP contribution in [-0.4, -0.2) is 53.4 Å². The molecule has 170 valence electrons. The number of morpholine rings is 1. The minimum absolute atomic E-state index is 0.142. The van der Waals surface area contributed by atoms with Gasteiger partial charge >= 0.3 is 0 Å². The predicted octanol–water partition coefficient (Wildman–Crippen LogP) is 3.84. The third-order valence-corrected chi connectivity index (χ3v) is 6.42. The van der Waals surface area contributed by atoms with Crippen LogP contribution in [0.4, 0.5) is 11.5 Å². The molecule has 3 heterocycles. The van der Waals surface area contributed by atoms with Crippen molar-refractivity contribution < 1.29 is 9.47 Å². The fourth-order valence-corrected chi connectivity index (χ4v) is 4.61. The number of aromatic nitrogens is 3. The highest BCUT2D eigenvalue weighted by molar-refractivity contribution is 5.85. The summed E-state index contributed by atoms with van der Waals surface area (Å²) in [4.78, 5) is 15.8. The maximum absolute atomic E-state index is 9.04. The average molecular weight is 445 g/mol. The van der Waals surface area contributed by atoms with Crippen molar-refractivity contribution in [1.29, 1.82) is 5.26 Å². The molecule has 3 aromatic rings. The zero-order valence-electron chi connectivity index (χ0n) is 18.8. The summed E-state index contributed by atoms with van der Waals surface area (Å²) in [6.07, 6.45) is 9.12. The van der Waals surface area contributed by atoms with Crippen molar-refractivity contribution in [2.24, 2.45) is 0 Å². The highest BCUT2D eigenvalue weighted by Gasteiger charge is 2.24. The molecule has 1 saturated carbocycles. The van der Waals surface area contributed by atoms with Crippen LogP contribution in [0.1, 0.15) is 36.8 Å². The highest BCUT2D eigenvalue weighted by atomic mass is 16.5. The molecule has 5 rings (SSSR count). The van der Waals surface area contributed by atoms with E-state index in [1.165, 1.54) is 0 Å². The van der Waals surface area contributed by atoms with Crippen molar-refractivity contribution in [3.63, 3.8) is 0 Å². The minimum atomic E-state index is 0.142. The molecule has 1 N–H and O–H groups in total. The Hall–Kier alpha value is -3.44. The molecule has 1 aliphatic heterocycles. The summed E-state index contributed by atoms with van der Waals surface area (Å²) in [5, 5.41) is 12.6. The Morgan fingerprint density at radius 3 is 2.61 bits per heavy atom. The molecule has 0 spiro atoms. The lowest BCUT2D eigenvalue weighted by molar-refractivity contribution is 0.122. The number of nitrogens with one attached hydrogen (secondary N) is 1. The lowest BCUT2D eigenvalue weighted by atomic mass is 9.92. The number of hydrogen-bond donors (Lipinski definition) is 1. The molecule has 0 radical (unpaired) electrons. The van der Waals surface area contributed by atoms with E-state index in [2.05, 4.69) is 43.4 Å². The first-order valence-electron chi connectivity index (χ1n) is 11.6. The molecule has 1 aromatic carbocycles. The summed E-state index contributed by atoms with van der Waals surface area (Å²) in [5.74, 6) is 1.67. The van der Waals surface area contributed by atoms with E-state index in [9.17, 15) is 0 Å². The third-order valence-electron chi connectivity index (χ3n) is 6.42. The molecule has 0 amide bonds. The SMILES string of the molecule is Cc1cc(C#N)cnc1N[C@H]1CC[C@@H](Oc2cc(N3CCOCC3)cc3nccnc23)CC1. The maximum atomic E-state index is 9.04. The van der Waals surface area contributed by atoms with Crippen LogP contribution in [0.2, 0.25) is 0 Å². The van der Waals surface area contributed by atoms with Crippen molar-refractivity contribution in [1.82, 2.24) is 15.0 Å². The monoisotopic (exact) mass is 444 g/mol. The number of ether oxygens (including phenoxy) is 2. The quantitative estimate of drug-likeness (QED) is 0.634. The highest BCUT2D eigenvalue weighted by Crippen LogP contribution is 2.33. The van der Waals surface area contributed by atoms with Crippen molar-refractivity contribution in [2.75, 3.05) is 36.5 Å². The Kier molecular flexibility index (Phi) is 6.22. The third kappa shape index (κ3) is 4.83. The lowest BCUT2D eigenvalue weighted by Crippen LogP contribution is -2.36. The maximum Gasteiger partial charge on any atom is 0.149 e. The summed E-state index contributed by atoms with van der Waals surface area (Å²) >= 11 is 0. The summed E-state index contributed by atoms with van der Waals surface area (Å²) in [6, 6.07) is 8.56. The summed E-state index contributed by atoms with van der Waals surface area (Å²) in [5.41, 5.74) is 4.36. The van der Waals surface area contributed by atoms with Crippen molar-refractivity contribution >= 4 is 22.5 Å². The van der Waals surface area contributed by atoms with Crippen molar-refractivity contribution in [3.05, 3.63) is 47.9 Å². The van der Waals surface area contributed by atoms with Crippen LogP contribution in [0.3, 0.4) is 0 Å². The van der Waals surface area contributed by atoms with E-state index < -0.39 is 0 Å². The van der Waals surface area contributed by atoms with E-state index in [0.29, 0.717) is 11.6 Å². The number of pyridine rings is 1. The Balaban J connectivity index is 1.26. The minimum Gasteiger partial charge on any atom is -0.488 e. The molecule has 1 aliphatic carbocycles. The van der Waals surface area contributed by atoms with Crippen LogP contribution < -0.4 is 15.0 Å². The van der Waals surface area contributed by atoms with Gasteiger partial charge in [-0.2, -0.15) is 5.26 Å². The van der Waals surface area contributed by atoms with Gasteiger partial charge in [0.25, 0.3) is 0 Å². The fraction of sp³-hybridized carbons (Fsp3) is 0.440. The van der Waals surface area contributed by atoms with Crippen molar-refractivity contribution in [3.8, 4) is 11.8 Å². The van der Waals surface area contributed by atoms with Gasteiger partial charge in [0, 0.05) is 49.5 Å². The van der Waals surface area contributed by atoms with Crippen molar-refractivity contribution in [2.45, 2.75) is 44.8 Å². The first-order valence-corrected chi connectivity index (χ1v) is 11.6. The number of benzene rings is 1. The number of anilines is 2. The van der Waals surface area contributed by atoms with Gasteiger partial charge in [0.15, 0.2) is 0 Å². The Morgan fingerprint density at radius 1 is 1.06 bits per heavy atom. The second kappa shape index (κ2) is 9.59. The van der Waals surface area contributed by atoms with Gasteiger partial charge in [0.2, 0.25) is 0 Å². The molecular formula is C25H28N6O2. The molecule has 8 nitrogen and oxygen atoms in total. The Bertz CT molecular complexity index is 1160. The number of fused-ring (bicyclic) bond motifs is 1. The standard InChI is InChI=1S/C25H28N6O2/c1-17-12-18(15-26)16-29-25(17)30-19-2-4-21(5-3-19)33-23-14-20(31-8-10-32-11-9-31)13-22-24(23)28-7-6-27-22/h6-7,12-14,16,19,21H,2-5,8-11H2,1H3,(H,29,30)/t19-,21+. The van der Waals surface area contributed by atoms with Gasteiger partial charge in [-0.05, 0) is 50.3 Å². The Labute approximate surface area is 193 Å². The summed E-state index contributed by atoms with van der Waals surface area (Å²) in [7, 11) is 0. The topological polar surface area (TPSA) is 96.2 Å². The van der Waals surface area contributed by atoms with Crippen LogP contribution >= 0.6 is 0 Å². The van der Waals surface area contributed by atoms with Gasteiger partial charge < -0.3 is 19.7 Å². The van der Waals surface area contributed by atoms with E-state index in [0.717, 1.165) is 85.8 Å². The first kappa shape index (κ1) is 21.4. The number of rotatable bonds is 5. The van der Waals surface area contributed by atoms with Gasteiger partial charge in [-0.15, -0.1) is 0 Å². The van der Waals surface area contributed by atoms with Gasteiger partial charge in [0.1, 0.15) is 23.2 Å². The number of hydrogen-bond acceptors (Lipinski definition) is 8. The molecule has 0 bridgehead atoms. The smallest absolute Gasteiger partial charge is 0.149 e. The van der Waals surface area contributed by atoms with Crippen LogP contribution in [0, 0.1) is 18.3 Å². The van der Waals surface area contributed by atoms with E-state index in [4.69, 9.17) is 14.7 Å². The molecular weight excluding hydrogens is 416 g/mol. The van der Waals surface area contributed by atoms with Gasteiger partial charge in [-0.3, -0.25) is 4.98 Å². The molecule has 8 heteroatoms. The molecule has 2 fully saturated rings. The van der Waals surface area contributed by atoms with Crippen LogP contribution in [0.15, 0.2) is 36.8 Å². The average Bonchev–Trinajstić information content (AvgIpc) is 2.87. The first-order chi connectivity index (χ1) is 16.2. The second-order valence-corrected chi connectivity index (χ2v) is 8.70. The van der Waals surface area contributed by atoms with Gasteiger partial charge in [-0.1, -0.05) is 0 Å². The zero-order chi connectivity index (χ0) is 22.6. The molecule has 0 atom stereocenters. The predicted molar refractivity (Wildman–Crippen MR) is 127 cm³/mol. The van der Waals surface area contributed by atoms with Crippen LogP contribution in [0.5, 0.6) is 5.75 Å². The van der Waals surface area contributed by atoms with E-state index in [1.54, 1.807) is 18.6 Å². The van der Waals surface area contributed by atoms with E-state index >= 15 is 0 Å². The molecule has 0 unspecified atom stereocenters. The normalized spacial score (nSPS) is 20.9. The second-order valence-electron chi connectivity index (χ2n) is 8.70. The lowest BCUT2D eigenvalue weighted by Gasteiger charge is -2.31. The van der Waals surface area contributed by atoms with Gasteiger partial charge in [-0.25, -0.2) is 9.97 Å². The number of nitriles is 1. The van der Waals surface area contributed by atoms with Crippen LogP contribution in [-0.2, 0) is 4.74 Å². The molecule has 1 saturated heterocycles. The van der Waals surface area contributed by atoms with E-state index in [-0.39, 0.29) is 6.10 Å². The fourth-order valence-electron chi connectivity index (χ4n) is 4.61. The molecule has 33 heavy (non-hydrogen) atoms. The van der Waals surface area contributed by atoms with E-state index in [1.807, 2.05) is 13.0 Å².